The van der Waals surface area contributed by atoms with E-state index in [2.05, 4.69) is 0 Å². The summed E-state index contributed by atoms with van der Waals surface area (Å²) in [5.74, 6) is -1.92. The molecule has 3 rings (SSSR count). The lowest BCUT2D eigenvalue weighted by Gasteiger charge is -2.22. The maximum absolute atomic E-state index is 12.8. The summed E-state index contributed by atoms with van der Waals surface area (Å²) in [6.45, 7) is 1.62. The number of rotatable bonds is 6. The normalized spacial score (nSPS) is 15.5. The summed E-state index contributed by atoms with van der Waals surface area (Å²) in [6, 6.07) is 15.9. The van der Waals surface area contributed by atoms with Gasteiger partial charge in [0.1, 0.15) is 10.9 Å². The molecule has 8 heteroatoms. The van der Waals surface area contributed by atoms with Gasteiger partial charge in [0.2, 0.25) is 5.91 Å². The van der Waals surface area contributed by atoms with Crippen LogP contribution >= 0.6 is 24.0 Å². The number of likely N-dealkylation sites (N-methyl/N-ethyl adjacent to an activating group) is 1. The lowest BCUT2D eigenvalue weighted by Crippen LogP contribution is -2.40. The molecular weight excluding hydrogens is 432 g/mol. The first-order valence-electron chi connectivity index (χ1n) is 9.35. The van der Waals surface area contributed by atoms with Gasteiger partial charge in [-0.1, -0.05) is 72.5 Å². The second-order valence-corrected chi connectivity index (χ2v) is 8.52. The van der Waals surface area contributed by atoms with Crippen molar-refractivity contribution in [3.8, 4) is 0 Å². The number of benzene rings is 2. The molecule has 1 aliphatic rings. The van der Waals surface area contributed by atoms with Gasteiger partial charge in [-0.05, 0) is 36.3 Å². The van der Waals surface area contributed by atoms with E-state index in [0.717, 1.165) is 22.9 Å². The van der Waals surface area contributed by atoms with Crippen molar-refractivity contribution in [2.24, 2.45) is 0 Å². The molecule has 0 atom stereocenters. The van der Waals surface area contributed by atoms with Gasteiger partial charge in [0.25, 0.3) is 5.91 Å². The first-order chi connectivity index (χ1) is 14.8. The molecule has 1 saturated heterocycles. The van der Waals surface area contributed by atoms with E-state index in [-0.39, 0.29) is 28.0 Å². The number of carboxylic acid groups (broad SMARTS) is 1. The van der Waals surface area contributed by atoms with Crippen molar-refractivity contribution in [2.45, 2.75) is 6.92 Å². The summed E-state index contributed by atoms with van der Waals surface area (Å²) in [7, 11) is 1.48. The largest absolute Gasteiger partial charge is 0.478 e. The first-order valence-corrected chi connectivity index (χ1v) is 10.6. The lowest BCUT2D eigenvalue weighted by atomic mass is 10.1. The Labute approximate surface area is 189 Å². The molecule has 1 heterocycles. The van der Waals surface area contributed by atoms with Crippen LogP contribution in [0, 0.1) is 0 Å². The number of carbonyl (C=O) groups excluding carboxylic acids is 2. The van der Waals surface area contributed by atoms with E-state index in [4.69, 9.17) is 12.2 Å². The van der Waals surface area contributed by atoms with Gasteiger partial charge in [-0.25, -0.2) is 4.79 Å². The highest BCUT2D eigenvalue weighted by molar-refractivity contribution is 8.26. The number of carbonyl (C=O) groups is 3. The number of hydrogen-bond acceptors (Lipinski definition) is 5. The Kier molecular flexibility index (Phi) is 7.04. The average molecular weight is 453 g/mol. The summed E-state index contributed by atoms with van der Waals surface area (Å²) >= 11 is 6.45. The number of para-hydroxylation sites is 1. The highest BCUT2D eigenvalue weighted by Crippen LogP contribution is 2.32. The maximum Gasteiger partial charge on any atom is 0.337 e. The molecule has 158 valence electrons. The fourth-order valence-electron chi connectivity index (χ4n) is 3.02. The summed E-state index contributed by atoms with van der Waals surface area (Å²) in [5.41, 5.74) is 2.15. The number of nitrogens with zero attached hydrogens (tertiary/aromatic N) is 2. The van der Waals surface area contributed by atoms with Gasteiger partial charge in [0.15, 0.2) is 0 Å². The van der Waals surface area contributed by atoms with Crippen LogP contribution in [0.4, 0.5) is 5.69 Å². The number of anilines is 1. The van der Waals surface area contributed by atoms with Crippen LogP contribution < -0.4 is 4.90 Å². The van der Waals surface area contributed by atoms with Crippen LogP contribution in [0.2, 0.25) is 0 Å². The number of hydrogen-bond donors (Lipinski definition) is 1. The molecule has 0 spiro atoms. The molecule has 31 heavy (non-hydrogen) atoms. The van der Waals surface area contributed by atoms with Gasteiger partial charge in [0.05, 0.1) is 16.2 Å². The van der Waals surface area contributed by atoms with E-state index >= 15 is 0 Å². The first kappa shape index (κ1) is 22.5. The van der Waals surface area contributed by atoms with Crippen LogP contribution in [0.25, 0.3) is 6.08 Å². The molecule has 0 bridgehead atoms. The minimum atomic E-state index is -1.13. The lowest BCUT2D eigenvalue weighted by molar-refractivity contribution is -0.127. The fraction of sp³-hybridized carbons (Fsp3) is 0.130. The molecule has 6 nitrogen and oxygen atoms in total. The molecule has 0 unspecified atom stereocenters. The summed E-state index contributed by atoms with van der Waals surface area (Å²) in [4.78, 5) is 39.9. The molecular formula is C23H20N2O4S2. The van der Waals surface area contributed by atoms with E-state index in [1.165, 1.54) is 22.9 Å². The number of thioether (sulfide) groups is 1. The summed E-state index contributed by atoms with van der Waals surface area (Å²) in [6.07, 6.45) is 3.70. The molecule has 0 aromatic heterocycles. The van der Waals surface area contributed by atoms with Gasteiger partial charge < -0.3 is 10.0 Å². The van der Waals surface area contributed by atoms with Crippen molar-refractivity contribution < 1.29 is 19.5 Å². The van der Waals surface area contributed by atoms with Crippen LogP contribution in [0.15, 0.2) is 71.2 Å². The van der Waals surface area contributed by atoms with Crippen molar-refractivity contribution in [3.05, 3.63) is 82.3 Å². The molecule has 1 fully saturated rings. The van der Waals surface area contributed by atoms with Crippen molar-refractivity contribution >= 4 is 57.8 Å². The fourth-order valence-corrected chi connectivity index (χ4v) is 4.32. The van der Waals surface area contributed by atoms with Gasteiger partial charge in [-0.3, -0.25) is 14.5 Å². The second-order valence-electron chi connectivity index (χ2n) is 6.84. The van der Waals surface area contributed by atoms with E-state index in [1.807, 2.05) is 43.3 Å². The van der Waals surface area contributed by atoms with Crippen LogP contribution in [-0.2, 0) is 9.59 Å². The van der Waals surface area contributed by atoms with Crippen molar-refractivity contribution in [1.29, 1.82) is 0 Å². The third-order valence-electron chi connectivity index (χ3n) is 4.59. The monoisotopic (exact) mass is 452 g/mol. The van der Waals surface area contributed by atoms with E-state index in [9.17, 15) is 19.5 Å². The van der Waals surface area contributed by atoms with E-state index in [1.54, 1.807) is 24.3 Å². The SMILES string of the molecule is CC(/C=C1\SC(=S)N(CC(=O)N(C)c2ccccc2C(=O)O)C1=O)=C\c1ccccc1. The summed E-state index contributed by atoms with van der Waals surface area (Å²) in [5, 5.41) is 9.35. The quantitative estimate of drug-likeness (QED) is 0.523. The molecule has 2 aromatic rings. The van der Waals surface area contributed by atoms with Gasteiger partial charge >= 0.3 is 5.97 Å². The number of aromatic carboxylic acids is 1. The Morgan fingerprint density at radius 2 is 1.77 bits per heavy atom. The predicted molar refractivity (Wildman–Crippen MR) is 127 cm³/mol. The van der Waals surface area contributed by atoms with Crippen molar-refractivity contribution in [1.82, 2.24) is 4.90 Å². The minimum absolute atomic E-state index is 0.00492. The Morgan fingerprint density at radius 3 is 2.45 bits per heavy atom. The smallest absolute Gasteiger partial charge is 0.337 e. The van der Waals surface area contributed by atoms with Gasteiger partial charge in [0, 0.05) is 7.05 Å². The number of carboxylic acids is 1. The third kappa shape index (κ3) is 5.28. The third-order valence-corrected chi connectivity index (χ3v) is 5.97. The van der Waals surface area contributed by atoms with E-state index in [0.29, 0.717) is 4.91 Å². The number of allylic oxidation sites excluding steroid dienone is 2. The van der Waals surface area contributed by atoms with Crippen LogP contribution in [-0.4, -0.2) is 45.7 Å². The zero-order valence-corrected chi connectivity index (χ0v) is 18.6. The van der Waals surface area contributed by atoms with Crippen LogP contribution in [0.5, 0.6) is 0 Å². The zero-order chi connectivity index (χ0) is 22.5. The second kappa shape index (κ2) is 9.72. The van der Waals surface area contributed by atoms with Gasteiger partial charge in [-0.15, -0.1) is 0 Å². The van der Waals surface area contributed by atoms with Crippen molar-refractivity contribution in [2.75, 3.05) is 18.5 Å². The Morgan fingerprint density at radius 1 is 1.13 bits per heavy atom. The van der Waals surface area contributed by atoms with E-state index < -0.39 is 11.9 Å². The molecule has 0 radical (unpaired) electrons. The van der Waals surface area contributed by atoms with Crippen LogP contribution in [0.1, 0.15) is 22.8 Å². The Balaban J connectivity index is 1.75. The van der Waals surface area contributed by atoms with Crippen LogP contribution in [0.3, 0.4) is 0 Å². The molecule has 0 aliphatic carbocycles. The molecule has 0 saturated carbocycles. The van der Waals surface area contributed by atoms with Crippen molar-refractivity contribution in [3.63, 3.8) is 0 Å². The Bertz CT molecular complexity index is 1110. The summed E-state index contributed by atoms with van der Waals surface area (Å²) < 4.78 is 0.289. The number of amides is 2. The topological polar surface area (TPSA) is 77.9 Å². The highest BCUT2D eigenvalue weighted by Gasteiger charge is 2.34. The molecule has 2 amide bonds. The van der Waals surface area contributed by atoms with Gasteiger partial charge in [-0.2, -0.15) is 0 Å². The zero-order valence-electron chi connectivity index (χ0n) is 16.9. The molecule has 2 aromatic carbocycles. The Hall–Kier alpha value is -3.23. The predicted octanol–water partition coefficient (Wildman–Crippen LogP) is 4.20. The minimum Gasteiger partial charge on any atom is -0.478 e. The average Bonchev–Trinajstić information content (AvgIpc) is 3.01. The molecule has 1 N–H and O–H groups in total. The molecule has 1 aliphatic heterocycles. The highest BCUT2D eigenvalue weighted by atomic mass is 32.2. The standard InChI is InChI=1S/C23H20N2O4S2/c1-15(12-16-8-4-3-5-9-16)13-19-21(27)25(23(30)31-19)14-20(26)24(2)18-11-7-6-10-17(18)22(28)29/h3-13H,14H2,1-2H3,(H,28,29)/b15-12+,19-13-. The number of thiocarbonyl (C=S) groups is 1. The maximum atomic E-state index is 12.8.